The van der Waals surface area contributed by atoms with Crippen molar-refractivity contribution in [3.8, 4) is 11.5 Å². The van der Waals surface area contributed by atoms with Crippen molar-refractivity contribution in [1.29, 1.82) is 0 Å². The van der Waals surface area contributed by atoms with E-state index in [4.69, 9.17) is 13.9 Å². The average Bonchev–Trinajstić information content (AvgIpc) is 3.37. The van der Waals surface area contributed by atoms with Gasteiger partial charge in [0.2, 0.25) is 0 Å². The first-order valence-corrected chi connectivity index (χ1v) is 9.49. The van der Waals surface area contributed by atoms with Crippen molar-refractivity contribution >= 4 is 17.5 Å². The van der Waals surface area contributed by atoms with Gasteiger partial charge in [0.25, 0.3) is 11.8 Å². The van der Waals surface area contributed by atoms with Gasteiger partial charge in [-0.1, -0.05) is 6.92 Å². The van der Waals surface area contributed by atoms with E-state index in [1.54, 1.807) is 50.6 Å². The number of nitrogens with one attached hydrogen (secondary N) is 2. The number of methoxy groups -OCH3 is 1. The highest BCUT2D eigenvalue weighted by atomic mass is 16.5. The molecule has 3 rings (SSSR count). The molecular formula is C21H24N4O5. The smallest absolute Gasteiger partial charge is 0.291 e. The molecule has 0 saturated heterocycles. The van der Waals surface area contributed by atoms with Crippen molar-refractivity contribution < 1.29 is 23.5 Å². The second-order valence-corrected chi connectivity index (χ2v) is 6.47. The lowest BCUT2D eigenvalue weighted by molar-refractivity contribution is 0.0945. The van der Waals surface area contributed by atoms with Gasteiger partial charge >= 0.3 is 0 Å². The Morgan fingerprint density at radius 3 is 2.53 bits per heavy atom. The summed E-state index contributed by atoms with van der Waals surface area (Å²) < 4.78 is 17.7. The number of rotatable bonds is 9. The molecule has 9 heteroatoms. The molecule has 0 unspecified atom stereocenters. The van der Waals surface area contributed by atoms with E-state index in [9.17, 15) is 9.59 Å². The van der Waals surface area contributed by atoms with Crippen LogP contribution in [0, 0.1) is 0 Å². The molecule has 0 aliphatic heterocycles. The number of hydrogen-bond donors (Lipinski definition) is 2. The van der Waals surface area contributed by atoms with Crippen LogP contribution in [0.2, 0.25) is 0 Å². The molecule has 0 aliphatic rings. The molecule has 0 bridgehead atoms. The quantitative estimate of drug-likeness (QED) is 0.559. The zero-order chi connectivity index (χ0) is 21.5. The first kappa shape index (κ1) is 21.0. The van der Waals surface area contributed by atoms with Gasteiger partial charge in [-0.05, 0) is 42.8 Å². The number of aromatic nitrogens is 2. The number of carbonyl (C=O) groups is 2. The number of furan rings is 1. The predicted octanol–water partition coefficient (Wildman–Crippen LogP) is 2.99. The monoisotopic (exact) mass is 412 g/mol. The van der Waals surface area contributed by atoms with E-state index < -0.39 is 5.91 Å². The Morgan fingerprint density at radius 2 is 1.83 bits per heavy atom. The molecule has 2 N–H and O–H groups in total. The van der Waals surface area contributed by atoms with Crippen molar-refractivity contribution in [2.24, 2.45) is 7.05 Å². The van der Waals surface area contributed by atoms with Gasteiger partial charge in [0.05, 0.1) is 19.0 Å². The van der Waals surface area contributed by atoms with Gasteiger partial charge in [-0.2, -0.15) is 5.10 Å². The maximum absolute atomic E-state index is 12.5. The Balaban J connectivity index is 1.62. The highest BCUT2D eigenvalue weighted by Gasteiger charge is 2.20. The number of amides is 2. The predicted molar refractivity (Wildman–Crippen MR) is 110 cm³/mol. The van der Waals surface area contributed by atoms with Gasteiger partial charge in [-0.15, -0.1) is 0 Å². The minimum absolute atomic E-state index is 0.104. The number of nitrogens with zero attached hydrogens (tertiary/aromatic N) is 2. The highest BCUT2D eigenvalue weighted by molar-refractivity contribution is 6.07. The summed E-state index contributed by atoms with van der Waals surface area (Å²) >= 11 is 0. The van der Waals surface area contributed by atoms with Gasteiger partial charge in [0, 0.05) is 13.6 Å². The van der Waals surface area contributed by atoms with Crippen LogP contribution in [-0.2, 0) is 13.7 Å². The van der Waals surface area contributed by atoms with E-state index in [1.807, 2.05) is 6.92 Å². The largest absolute Gasteiger partial charge is 0.497 e. The summed E-state index contributed by atoms with van der Waals surface area (Å²) in [5.74, 6) is 1.19. The standard InChI is InChI=1S/C21H24N4O5/c1-4-11-22-21(27)19-17(12-23-25(19)2)24-20(26)18-10-9-16(30-18)13-29-15-7-5-14(28-3)6-8-15/h5-10,12H,4,11,13H2,1-3H3,(H,22,27)(H,24,26). The molecule has 0 fully saturated rings. The zero-order valence-electron chi connectivity index (χ0n) is 17.1. The number of carbonyl (C=O) groups excluding carboxylic acids is 2. The van der Waals surface area contributed by atoms with Crippen LogP contribution in [0.5, 0.6) is 11.5 Å². The van der Waals surface area contributed by atoms with E-state index in [0.717, 1.165) is 12.2 Å². The van der Waals surface area contributed by atoms with E-state index in [1.165, 1.54) is 10.9 Å². The minimum Gasteiger partial charge on any atom is -0.497 e. The van der Waals surface area contributed by atoms with Gasteiger partial charge in [-0.3, -0.25) is 14.3 Å². The van der Waals surface area contributed by atoms with Gasteiger partial charge in [0.15, 0.2) is 5.76 Å². The Morgan fingerprint density at radius 1 is 1.10 bits per heavy atom. The lowest BCUT2D eigenvalue weighted by atomic mass is 10.3. The maximum atomic E-state index is 12.5. The Labute approximate surface area is 174 Å². The van der Waals surface area contributed by atoms with Crippen LogP contribution in [0.1, 0.15) is 40.1 Å². The molecule has 0 atom stereocenters. The lowest BCUT2D eigenvalue weighted by Crippen LogP contribution is -2.27. The first-order chi connectivity index (χ1) is 14.5. The molecule has 0 aliphatic carbocycles. The summed E-state index contributed by atoms with van der Waals surface area (Å²) in [5, 5.41) is 9.50. The van der Waals surface area contributed by atoms with E-state index >= 15 is 0 Å². The summed E-state index contributed by atoms with van der Waals surface area (Å²) in [6.45, 7) is 2.66. The number of hydrogen-bond acceptors (Lipinski definition) is 6. The summed E-state index contributed by atoms with van der Waals surface area (Å²) in [5.41, 5.74) is 0.579. The normalized spacial score (nSPS) is 10.5. The summed E-state index contributed by atoms with van der Waals surface area (Å²) in [4.78, 5) is 24.9. The van der Waals surface area contributed by atoms with Crippen LogP contribution in [-0.4, -0.2) is 35.2 Å². The second-order valence-electron chi connectivity index (χ2n) is 6.47. The second kappa shape index (κ2) is 9.64. The summed E-state index contributed by atoms with van der Waals surface area (Å²) in [7, 11) is 3.23. The molecular weight excluding hydrogens is 388 g/mol. The average molecular weight is 412 g/mol. The van der Waals surface area contributed by atoms with Crippen LogP contribution in [0.25, 0.3) is 0 Å². The van der Waals surface area contributed by atoms with Gasteiger partial charge < -0.3 is 24.5 Å². The lowest BCUT2D eigenvalue weighted by Gasteiger charge is -2.07. The molecule has 0 radical (unpaired) electrons. The number of benzene rings is 1. The third-order valence-corrected chi connectivity index (χ3v) is 4.26. The molecule has 2 amide bonds. The van der Waals surface area contributed by atoms with Gasteiger partial charge in [0.1, 0.15) is 29.6 Å². The molecule has 1 aromatic carbocycles. The highest BCUT2D eigenvalue weighted by Crippen LogP contribution is 2.20. The topological polar surface area (TPSA) is 108 Å². The number of aryl methyl sites for hydroxylation is 1. The van der Waals surface area contributed by atoms with E-state index in [-0.39, 0.29) is 24.0 Å². The van der Waals surface area contributed by atoms with Crippen molar-refractivity contribution in [3.05, 3.63) is 59.8 Å². The van der Waals surface area contributed by atoms with Gasteiger partial charge in [-0.25, -0.2) is 0 Å². The van der Waals surface area contributed by atoms with E-state index in [0.29, 0.717) is 23.7 Å². The molecule has 2 aromatic heterocycles. The molecule has 158 valence electrons. The fourth-order valence-electron chi connectivity index (χ4n) is 2.71. The third-order valence-electron chi connectivity index (χ3n) is 4.26. The van der Waals surface area contributed by atoms with Crippen molar-refractivity contribution in [1.82, 2.24) is 15.1 Å². The molecule has 30 heavy (non-hydrogen) atoms. The maximum Gasteiger partial charge on any atom is 0.291 e. The Kier molecular flexibility index (Phi) is 6.74. The summed E-state index contributed by atoms with van der Waals surface area (Å²) in [6.07, 6.45) is 2.23. The molecule has 9 nitrogen and oxygen atoms in total. The molecule has 0 saturated carbocycles. The first-order valence-electron chi connectivity index (χ1n) is 9.49. The van der Waals surface area contributed by atoms with Crippen LogP contribution in [0.15, 0.2) is 47.0 Å². The van der Waals surface area contributed by atoms with Crippen molar-refractivity contribution in [2.75, 3.05) is 19.0 Å². The van der Waals surface area contributed by atoms with E-state index in [2.05, 4.69) is 15.7 Å². The Bertz CT molecular complexity index is 1010. The number of anilines is 1. The fourth-order valence-corrected chi connectivity index (χ4v) is 2.71. The Hall–Kier alpha value is -3.75. The molecule has 3 aromatic rings. The van der Waals surface area contributed by atoms with Crippen LogP contribution >= 0.6 is 0 Å². The SMILES string of the molecule is CCCNC(=O)c1c(NC(=O)c2ccc(COc3ccc(OC)cc3)o2)cnn1C. The van der Waals surface area contributed by atoms with Crippen LogP contribution in [0.3, 0.4) is 0 Å². The fraction of sp³-hybridized carbons (Fsp3) is 0.286. The molecule has 0 spiro atoms. The minimum atomic E-state index is -0.483. The number of ether oxygens (including phenoxy) is 2. The summed E-state index contributed by atoms with van der Waals surface area (Å²) in [6, 6.07) is 10.4. The van der Waals surface area contributed by atoms with Crippen molar-refractivity contribution in [2.45, 2.75) is 20.0 Å². The van der Waals surface area contributed by atoms with Crippen LogP contribution < -0.4 is 20.1 Å². The third kappa shape index (κ3) is 4.99. The zero-order valence-corrected chi connectivity index (χ0v) is 17.1. The molecule has 2 heterocycles. The van der Waals surface area contributed by atoms with Crippen LogP contribution in [0.4, 0.5) is 5.69 Å². The van der Waals surface area contributed by atoms with Crippen molar-refractivity contribution in [3.63, 3.8) is 0 Å².